The average molecular weight is 254 g/mol. The molecule has 17 heavy (non-hydrogen) atoms. The van der Waals surface area contributed by atoms with Crippen LogP contribution in [0, 0.1) is 11.6 Å². The molecule has 1 aromatic rings. The zero-order valence-corrected chi connectivity index (χ0v) is 9.45. The van der Waals surface area contributed by atoms with Crippen molar-refractivity contribution in [2.45, 2.75) is 32.5 Å². The van der Waals surface area contributed by atoms with Crippen molar-refractivity contribution in [3.63, 3.8) is 0 Å². The summed E-state index contributed by atoms with van der Waals surface area (Å²) >= 11 is 0. The lowest BCUT2D eigenvalue weighted by molar-refractivity contribution is -0.276. The first kappa shape index (κ1) is 13.7. The molecular formula is C11H11F5O. The first-order valence-corrected chi connectivity index (χ1v) is 4.76. The molecule has 0 heterocycles. The van der Waals surface area contributed by atoms with Gasteiger partial charge < -0.3 is 4.74 Å². The Morgan fingerprint density at radius 1 is 1.00 bits per heavy atom. The molecule has 0 amide bonds. The van der Waals surface area contributed by atoms with Crippen molar-refractivity contribution in [1.29, 1.82) is 0 Å². The Hall–Kier alpha value is -1.33. The number of benzene rings is 1. The topological polar surface area (TPSA) is 9.23 Å². The van der Waals surface area contributed by atoms with Gasteiger partial charge in [0.2, 0.25) is 5.75 Å². The second-order valence-corrected chi connectivity index (χ2v) is 4.54. The van der Waals surface area contributed by atoms with E-state index in [0.29, 0.717) is 0 Å². The van der Waals surface area contributed by atoms with Crippen LogP contribution in [0.5, 0.6) is 5.75 Å². The molecule has 0 bridgehead atoms. The zero-order chi connectivity index (χ0) is 13.4. The van der Waals surface area contributed by atoms with E-state index in [9.17, 15) is 22.0 Å². The molecule has 6 heteroatoms. The van der Waals surface area contributed by atoms with E-state index in [2.05, 4.69) is 4.74 Å². The fourth-order valence-corrected chi connectivity index (χ4v) is 1.32. The monoisotopic (exact) mass is 254 g/mol. The van der Waals surface area contributed by atoms with Crippen LogP contribution in [0.15, 0.2) is 12.1 Å². The molecule has 0 saturated carbocycles. The van der Waals surface area contributed by atoms with Crippen LogP contribution < -0.4 is 4.74 Å². The Bertz CT molecular complexity index is 417. The zero-order valence-electron chi connectivity index (χ0n) is 9.45. The van der Waals surface area contributed by atoms with Crippen molar-refractivity contribution in [3.8, 4) is 5.75 Å². The van der Waals surface area contributed by atoms with Gasteiger partial charge in [0.05, 0.1) is 0 Å². The second kappa shape index (κ2) is 4.16. The van der Waals surface area contributed by atoms with Gasteiger partial charge in [0, 0.05) is 0 Å². The summed E-state index contributed by atoms with van der Waals surface area (Å²) in [5.41, 5.74) is -0.792. The Morgan fingerprint density at radius 2 is 1.53 bits per heavy atom. The van der Waals surface area contributed by atoms with Gasteiger partial charge >= 0.3 is 6.36 Å². The lowest BCUT2D eigenvalue weighted by atomic mass is 9.86. The Kier molecular flexibility index (Phi) is 3.36. The van der Waals surface area contributed by atoms with Gasteiger partial charge in [-0.2, -0.15) is 0 Å². The largest absolute Gasteiger partial charge is 0.573 e. The lowest BCUT2D eigenvalue weighted by Gasteiger charge is -2.21. The maximum absolute atomic E-state index is 13.7. The van der Waals surface area contributed by atoms with Crippen molar-refractivity contribution >= 4 is 0 Å². The van der Waals surface area contributed by atoms with Crippen LogP contribution >= 0.6 is 0 Å². The normalized spacial score (nSPS) is 12.7. The molecule has 0 spiro atoms. The molecule has 0 atom stereocenters. The third-order valence-electron chi connectivity index (χ3n) is 2.07. The summed E-state index contributed by atoms with van der Waals surface area (Å²) in [6, 6.07) is 1.86. The molecular weight excluding hydrogens is 243 g/mol. The number of ether oxygens (including phenoxy) is 1. The number of rotatable bonds is 1. The summed E-state index contributed by atoms with van der Waals surface area (Å²) in [6.07, 6.45) is -5.13. The van der Waals surface area contributed by atoms with Gasteiger partial charge in [-0.3, -0.25) is 0 Å². The maximum atomic E-state index is 13.7. The fourth-order valence-electron chi connectivity index (χ4n) is 1.32. The molecule has 96 valence electrons. The molecule has 0 N–H and O–H groups in total. The van der Waals surface area contributed by atoms with E-state index >= 15 is 0 Å². The summed E-state index contributed by atoms with van der Waals surface area (Å²) < 4.78 is 66.0. The van der Waals surface area contributed by atoms with Gasteiger partial charge in [0.15, 0.2) is 11.6 Å². The van der Waals surface area contributed by atoms with Gasteiger partial charge in [-0.15, -0.1) is 13.2 Å². The average Bonchev–Trinajstić information content (AvgIpc) is 2.08. The number of hydrogen-bond donors (Lipinski definition) is 0. The number of alkyl halides is 3. The molecule has 0 aliphatic carbocycles. The number of halogens is 5. The van der Waals surface area contributed by atoms with Crippen LogP contribution in [0.4, 0.5) is 22.0 Å². The summed E-state index contributed by atoms with van der Waals surface area (Å²) in [4.78, 5) is 0. The minimum absolute atomic E-state index is 0.0434. The Labute approximate surface area is 95.2 Å². The minimum Gasteiger partial charge on any atom is -0.399 e. The fraction of sp³-hybridized carbons (Fsp3) is 0.455. The van der Waals surface area contributed by atoms with Crippen LogP contribution in [-0.2, 0) is 5.41 Å². The first-order chi connectivity index (χ1) is 7.52. The van der Waals surface area contributed by atoms with E-state index in [1.54, 1.807) is 20.8 Å². The summed E-state index contributed by atoms with van der Waals surface area (Å²) in [5, 5.41) is 0. The van der Waals surface area contributed by atoms with E-state index in [1.807, 2.05) is 0 Å². The van der Waals surface area contributed by atoms with Crippen molar-refractivity contribution in [2.24, 2.45) is 0 Å². The standard InChI is InChI=1S/C11H11F5O/c1-10(2,3)6-4-5-7(12)9(8(6)13)17-11(14,15)16/h4-5H,1-3H3. The molecule has 0 unspecified atom stereocenters. The van der Waals surface area contributed by atoms with Gasteiger partial charge in [0.1, 0.15) is 0 Å². The third kappa shape index (κ3) is 3.31. The molecule has 0 aliphatic heterocycles. The molecule has 1 aromatic carbocycles. The minimum atomic E-state index is -5.13. The maximum Gasteiger partial charge on any atom is 0.573 e. The van der Waals surface area contributed by atoms with Crippen molar-refractivity contribution < 1.29 is 26.7 Å². The lowest BCUT2D eigenvalue weighted by Crippen LogP contribution is -2.21. The molecule has 0 aliphatic rings. The summed E-state index contributed by atoms with van der Waals surface area (Å²) in [6.45, 7) is 4.79. The number of hydrogen-bond acceptors (Lipinski definition) is 1. The van der Waals surface area contributed by atoms with Gasteiger partial charge in [-0.05, 0) is 17.0 Å². The summed E-state index contributed by atoms with van der Waals surface area (Å²) in [5.74, 6) is -4.12. The van der Waals surface area contributed by atoms with E-state index in [1.165, 1.54) is 0 Å². The SMILES string of the molecule is CC(C)(C)c1ccc(F)c(OC(F)(F)F)c1F. The van der Waals surface area contributed by atoms with E-state index < -0.39 is 29.2 Å². The van der Waals surface area contributed by atoms with E-state index in [0.717, 1.165) is 12.1 Å². The molecule has 0 radical (unpaired) electrons. The van der Waals surface area contributed by atoms with Crippen molar-refractivity contribution in [2.75, 3.05) is 0 Å². The smallest absolute Gasteiger partial charge is 0.399 e. The summed E-state index contributed by atoms with van der Waals surface area (Å²) in [7, 11) is 0. The van der Waals surface area contributed by atoms with Crippen LogP contribution in [-0.4, -0.2) is 6.36 Å². The predicted octanol–water partition coefficient (Wildman–Crippen LogP) is 4.16. The van der Waals surface area contributed by atoms with Crippen LogP contribution in [0.2, 0.25) is 0 Å². The first-order valence-electron chi connectivity index (χ1n) is 4.76. The Balaban J connectivity index is 3.31. The van der Waals surface area contributed by atoms with Crippen molar-refractivity contribution in [1.82, 2.24) is 0 Å². The van der Waals surface area contributed by atoms with E-state index in [4.69, 9.17) is 0 Å². The van der Waals surface area contributed by atoms with E-state index in [-0.39, 0.29) is 5.56 Å². The van der Waals surface area contributed by atoms with Crippen LogP contribution in [0.1, 0.15) is 26.3 Å². The molecule has 0 fully saturated rings. The third-order valence-corrected chi connectivity index (χ3v) is 2.07. The molecule has 1 nitrogen and oxygen atoms in total. The predicted molar refractivity (Wildman–Crippen MR) is 51.7 cm³/mol. The highest BCUT2D eigenvalue weighted by atomic mass is 19.4. The van der Waals surface area contributed by atoms with Gasteiger partial charge in [0.25, 0.3) is 0 Å². The highest BCUT2D eigenvalue weighted by molar-refractivity contribution is 5.36. The quantitative estimate of drug-likeness (QED) is 0.684. The highest BCUT2D eigenvalue weighted by Gasteiger charge is 2.35. The van der Waals surface area contributed by atoms with Gasteiger partial charge in [-0.25, -0.2) is 8.78 Å². The second-order valence-electron chi connectivity index (χ2n) is 4.54. The van der Waals surface area contributed by atoms with Gasteiger partial charge in [-0.1, -0.05) is 26.8 Å². The molecule has 0 aromatic heterocycles. The Morgan fingerprint density at radius 3 is 1.94 bits per heavy atom. The molecule has 1 rings (SSSR count). The van der Waals surface area contributed by atoms with Crippen LogP contribution in [0.3, 0.4) is 0 Å². The molecule has 0 saturated heterocycles. The van der Waals surface area contributed by atoms with Crippen LogP contribution in [0.25, 0.3) is 0 Å². The highest BCUT2D eigenvalue weighted by Crippen LogP contribution is 2.34. The van der Waals surface area contributed by atoms with Crippen molar-refractivity contribution in [3.05, 3.63) is 29.3 Å².